The summed E-state index contributed by atoms with van der Waals surface area (Å²) in [6.07, 6.45) is 7.28. The maximum Gasteiger partial charge on any atom is 0.320 e. The fourth-order valence-corrected chi connectivity index (χ4v) is 4.23. The van der Waals surface area contributed by atoms with Crippen LogP contribution in [-0.2, 0) is 9.53 Å². The topological polar surface area (TPSA) is 53.0 Å². The molecule has 3 aliphatic heterocycles. The molecule has 5 heteroatoms. The Morgan fingerprint density at radius 1 is 1.14 bits per heavy atom. The van der Waals surface area contributed by atoms with Gasteiger partial charge in [0, 0.05) is 12.6 Å². The van der Waals surface area contributed by atoms with Gasteiger partial charge in [0.15, 0.2) is 0 Å². The Kier molecular flexibility index (Phi) is 4.82. The van der Waals surface area contributed by atoms with E-state index in [1.165, 1.54) is 12.8 Å². The highest BCUT2D eigenvalue weighted by atomic mass is 16.5. The van der Waals surface area contributed by atoms with Crippen LogP contribution < -0.4 is 0 Å². The van der Waals surface area contributed by atoms with Crippen molar-refractivity contribution in [1.82, 2.24) is 9.80 Å². The number of nitrogens with zero attached hydrogens (tertiary/aromatic N) is 2. The Morgan fingerprint density at radius 3 is 2.52 bits per heavy atom. The van der Waals surface area contributed by atoms with Crippen molar-refractivity contribution in [2.45, 2.75) is 69.7 Å². The zero-order chi connectivity index (χ0) is 14.8. The molecule has 0 aliphatic carbocycles. The van der Waals surface area contributed by atoms with Gasteiger partial charge in [0.2, 0.25) is 0 Å². The quantitative estimate of drug-likeness (QED) is 0.853. The van der Waals surface area contributed by atoms with Gasteiger partial charge >= 0.3 is 5.97 Å². The van der Waals surface area contributed by atoms with E-state index in [1.54, 1.807) is 0 Å². The molecular formula is C16H28N2O3. The van der Waals surface area contributed by atoms with Crippen LogP contribution >= 0.6 is 0 Å². The van der Waals surface area contributed by atoms with E-state index in [0.29, 0.717) is 18.2 Å². The van der Waals surface area contributed by atoms with E-state index in [2.05, 4.69) is 16.7 Å². The van der Waals surface area contributed by atoms with E-state index >= 15 is 0 Å². The summed E-state index contributed by atoms with van der Waals surface area (Å²) >= 11 is 0. The molecule has 5 nitrogen and oxygen atoms in total. The molecule has 3 saturated heterocycles. The molecule has 0 saturated carbocycles. The molecule has 0 spiro atoms. The van der Waals surface area contributed by atoms with Crippen LogP contribution in [0.4, 0.5) is 0 Å². The minimum Gasteiger partial charge on any atom is -0.480 e. The van der Waals surface area contributed by atoms with Crippen molar-refractivity contribution in [2.75, 3.05) is 26.2 Å². The first-order chi connectivity index (χ1) is 10.1. The van der Waals surface area contributed by atoms with Gasteiger partial charge < -0.3 is 14.7 Å². The SMILES string of the molecule is CC1CCC(CN2CCC(N3CCCC3C(=O)O)CC2)O1. The van der Waals surface area contributed by atoms with Crippen molar-refractivity contribution < 1.29 is 14.6 Å². The summed E-state index contributed by atoms with van der Waals surface area (Å²) < 4.78 is 5.91. The monoisotopic (exact) mass is 296 g/mol. The van der Waals surface area contributed by atoms with Crippen molar-refractivity contribution in [1.29, 1.82) is 0 Å². The number of carboxylic acid groups (broad SMARTS) is 1. The predicted octanol–water partition coefficient (Wildman–Crippen LogP) is 1.57. The van der Waals surface area contributed by atoms with Gasteiger partial charge in [-0.1, -0.05) is 0 Å². The fourth-order valence-electron chi connectivity index (χ4n) is 4.23. The lowest BCUT2D eigenvalue weighted by Crippen LogP contribution is -2.49. The second-order valence-electron chi connectivity index (χ2n) is 6.91. The molecule has 3 aliphatic rings. The van der Waals surface area contributed by atoms with Crippen LogP contribution in [0.25, 0.3) is 0 Å². The molecule has 0 aromatic rings. The number of aliphatic carboxylic acids is 1. The Morgan fingerprint density at radius 2 is 1.90 bits per heavy atom. The van der Waals surface area contributed by atoms with Gasteiger partial charge in [-0.3, -0.25) is 9.69 Å². The van der Waals surface area contributed by atoms with Gasteiger partial charge in [0.25, 0.3) is 0 Å². The zero-order valence-corrected chi connectivity index (χ0v) is 13.0. The first-order valence-corrected chi connectivity index (χ1v) is 8.50. The van der Waals surface area contributed by atoms with Crippen LogP contribution in [0.15, 0.2) is 0 Å². The first-order valence-electron chi connectivity index (χ1n) is 8.50. The van der Waals surface area contributed by atoms with Crippen LogP contribution in [-0.4, -0.2) is 71.3 Å². The predicted molar refractivity (Wildman–Crippen MR) is 80.4 cm³/mol. The van der Waals surface area contributed by atoms with Gasteiger partial charge in [-0.15, -0.1) is 0 Å². The van der Waals surface area contributed by atoms with E-state index in [4.69, 9.17) is 4.74 Å². The molecule has 120 valence electrons. The number of ether oxygens (including phenoxy) is 1. The van der Waals surface area contributed by atoms with Gasteiger partial charge in [-0.25, -0.2) is 0 Å². The van der Waals surface area contributed by atoms with E-state index in [1.807, 2.05) is 0 Å². The number of carbonyl (C=O) groups is 1. The highest BCUT2D eigenvalue weighted by molar-refractivity contribution is 5.73. The maximum atomic E-state index is 11.3. The van der Waals surface area contributed by atoms with Crippen molar-refractivity contribution in [3.05, 3.63) is 0 Å². The molecule has 3 atom stereocenters. The summed E-state index contributed by atoms with van der Waals surface area (Å²) in [7, 11) is 0. The van der Waals surface area contributed by atoms with Crippen LogP contribution in [0.5, 0.6) is 0 Å². The van der Waals surface area contributed by atoms with E-state index < -0.39 is 5.97 Å². The highest BCUT2D eigenvalue weighted by Gasteiger charge is 2.37. The second-order valence-corrected chi connectivity index (χ2v) is 6.91. The van der Waals surface area contributed by atoms with Crippen molar-refractivity contribution in [3.8, 4) is 0 Å². The first kappa shape index (κ1) is 15.3. The zero-order valence-electron chi connectivity index (χ0n) is 13.0. The lowest BCUT2D eigenvalue weighted by atomic mass is 10.0. The standard InChI is InChI=1S/C16H28N2O3/c1-12-4-5-14(21-12)11-17-9-6-13(7-10-17)18-8-2-3-15(18)16(19)20/h12-15H,2-11H2,1H3,(H,19,20). The molecule has 1 N–H and O–H groups in total. The molecule has 3 heterocycles. The maximum absolute atomic E-state index is 11.3. The summed E-state index contributed by atoms with van der Waals surface area (Å²) in [5.74, 6) is -0.636. The Bertz CT molecular complexity index is 369. The Balaban J connectivity index is 1.45. The van der Waals surface area contributed by atoms with Crippen LogP contribution in [0, 0.1) is 0 Å². The van der Waals surface area contributed by atoms with E-state index in [0.717, 1.165) is 51.9 Å². The Labute approximate surface area is 127 Å². The molecule has 0 amide bonds. The lowest BCUT2D eigenvalue weighted by molar-refractivity contribution is -0.143. The van der Waals surface area contributed by atoms with Gasteiger partial charge in [-0.05, 0) is 65.1 Å². The van der Waals surface area contributed by atoms with E-state index in [-0.39, 0.29) is 6.04 Å². The largest absolute Gasteiger partial charge is 0.480 e. The van der Waals surface area contributed by atoms with Crippen LogP contribution in [0.3, 0.4) is 0 Å². The van der Waals surface area contributed by atoms with Gasteiger partial charge in [-0.2, -0.15) is 0 Å². The molecular weight excluding hydrogens is 268 g/mol. The number of hydrogen-bond donors (Lipinski definition) is 1. The fraction of sp³-hybridized carbons (Fsp3) is 0.938. The molecule has 0 bridgehead atoms. The lowest BCUT2D eigenvalue weighted by Gasteiger charge is -2.39. The molecule has 3 unspecified atom stereocenters. The normalized spacial score (nSPS) is 36.3. The van der Waals surface area contributed by atoms with Crippen molar-refractivity contribution >= 4 is 5.97 Å². The Hall–Kier alpha value is -0.650. The third kappa shape index (κ3) is 3.58. The minimum atomic E-state index is -0.636. The van der Waals surface area contributed by atoms with Crippen molar-refractivity contribution in [3.63, 3.8) is 0 Å². The average Bonchev–Trinajstić information content (AvgIpc) is 3.09. The number of carboxylic acids is 1. The summed E-state index contributed by atoms with van der Waals surface area (Å²) in [5, 5.41) is 9.31. The minimum absolute atomic E-state index is 0.236. The van der Waals surface area contributed by atoms with E-state index in [9.17, 15) is 9.90 Å². The summed E-state index contributed by atoms with van der Waals surface area (Å²) in [4.78, 5) is 16.1. The number of rotatable bonds is 4. The molecule has 0 aromatic carbocycles. The van der Waals surface area contributed by atoms with Gasteiger partial charge in [0.05, 0.1) is 12.2 Å². The van der Waals surface area contributed by atoms with Gasteiger partial charge in [0.1, 0.15) is 6.04 Å². The number of hydrogen-bond acceptors (Lipinski definition) is 4. The third-order valence-corrected chi connectivity index (χ3v) is 5.39. The molecule has 3 rings (SSSR count). The summed E-state index contributed by atoms with van der Waals surface area (Å²) in [6.45, 7) is 6.35. The van der Waals surface area contributed by atoms with Crippen molar-refractivity contribution in [2.24, 2.45) is 0 Å². The summed E-state index contributed by atoms with van der Waals surface area (Å²) in [6, 6.07) is 0.230. The van der Waals surface area contributed by atoms with Crippen LogP contribution in [0.1, 0.15) is 45.4 Å². The molecule has 21 heavy (non-hydrogen) atoms. The average molecular weight is 296 g/mol. The molecule has 0 radical (unpaired) electrons. The number of likely N-dealkylation sites (tertiary alicyclic amines) is 2. The molecule has 3 fully saturated rings. The number of piperidine rings is 1. The molecule has 0 aromatic heterocycles. The smallest absolute Gasteiger partial charge is 0.320 e. The highest BCUT2D eigenvalue weighted by Crippen LogP contribution is 2.27. The second kappa shape index (κ2) is 6.63. The third-order valence-electron chi connectivity index (χ3n) is 5.39. The van der Waals surface area contributed by atoms with Crippen LogP contribution in [0.2, 0.25) is 0 Å². The summed E-state index contributed by atoms with van der Waals surface area (Å²) in [5.41, 5.74) is 0.